The van der Waals surface area contributed by atoms with Gasteiger partial charge in [-0.25, -0.2) is 0 Å². The summed E-state index contributed by atoms with van der Waals surface area (Å²) >= 11 is 0. The zero-order chi connectivity index (χ0) is 12.9. The van der Waals surface area contributed by atoms with Crippen molar-refractivity contribution in [3.63, 3.8) is 0 Å². The fraction of sp³-hybridized carbons (Fsp3) is 1.00. The minimum Gasteiger partial charge on any atom is -0.330 e. The van der Waals surface area contributed by atoms with Crippen LogP contribution in [0.3, 0.4) is 0 Å². The fourth-order valence-corrected chi connectivity index (χ4v) is 2.79. The lowest BCUT2D eigenvalue weighted by Crippen LogP contribution is -2.37. The zero-order valence-electron chi connectivity index (χ0n) is 12.3. The van der Waals surface area contributed by atoms with E-state index in [1.807, 2.05) is 0 Å². The highest BCUT2D eigenvalue weighted by molar-refractivity contribution is 4.84. The molecule has 1 fully saturated rings. The molecule has 0 amide bonds. The van der Waals surface area contributed by atoms with Gasteiger partial charge in [0, 0.05) is 6.54 Å². The summed E-state index contributed by atoms with van der Waals surface area (Å²) in [4.78, 5) is 0. The van der Waals surface area contributed by atoms with Crippen molar-refractivity contribution in [2.24, 2.45) is 22.5 Å². The van der Waals surface area contributed by atoms with Crippen molar-refractivity contribution in [3.8, 4) is 0 Å². The Balaban J connectivity index is 2.21. The second-order valence-corrected chi connectivity index (χ2v) is 7.27. The predicted molar refractivity (Wildman–Crippen MR) is 76.1 cm³/mol. The summed E-state index contributed by atoms with van der Waals surface area (Å²) in [6.07, 6.45) is 6.92. The van der Waals surface area contributed by atoms with Crippen LogP contribution in [0.15, 0.2) is 0 Å². The van der Waals surface area contributed by atoms with Crippen LogP contribution in [0.5, 0.6) is 0 Å². The minimum atomic E-state index is 0.282. The molecule has 102 valence electrons. The maximum atomic E-state index is 5.75. The second kappa shape index (κ2) is 6.19. The third-order valence-electron chi connectivity index (χ3n) is 4.57. The molecule has 1 aliphatic rings. The summed E-state index contributed by atoms with van der Waals surface area (Å²) in [5, 5.41) is 3.64. The molecule has 0 heterocycles. The smallest absolute Gasteiger partial charge is 0.000517 e. The fourth-order valence-electron chi connectivity index (χ4n) is 2.79. The maximum absolute atomic E-state index is 5.75. The van der Waals surface area contributed by atoms with Gasteiger partial charge in [0.25, 0.3) is 0 Å². The van der Waals surface area contributed by atoms with E-state index in [9.17, 15) is 0 Å². The molecule has 0 atom stereocenters. The molecule has 0 aliphatic heterocycles. The molecule has 3 N–H and O–H groups in total. The average molecular weight is 240 g/mol. The molecule has 0 saturated heterocycles. The van der Waals surface area contributed by atoms with Crippen molar-refractivity contribution >= 4 is 0 Å². The Morgan fingerprint density at radius 1 is 1.12 bits per heavy atom. The molecule has 2 nitrogen and oxygen atoms in total. The highest BCUT2D eigenvalue weighted by Crippen LogP contribution is 2.39. The summed E-state index contributed by atoms with van der Waals surface area (Å²) in [5.74, 6) is 0.928. The molecule has 0 aromatic carbocycles. The molecule has 1 aliphatic carbocycles. The molecular formula is C15H32N2. The van der Waals surface area contributed by atoms with Gasteiger partial charge in [0.15, 0.2) is 0 Å². The van der Waals surface area contributed by atoms with Crippen molar-refractivity contribution in [2.75, 3.05) is 19.6 Å². The van der Waals surface area contributed by atoms with Crippen molar-refractivity contribution in [1.29, 1.82) is 0 Å². The lowest BCUT2D eigenvalue weighted by molar-refractivity contribution is 0.204. The third-order valence-corrected chi connectivity index (χ3v) is 4.57. The van der Waals surface area contributed by atoms with Gasteiger partial charge in [0.05, 0.1) is 0 Å². The zero-order valence-corrected chi connectivity index (χ0v) is 12.3. The van der Waals surface area contributed by atoms with Crippen molar-refractivity contribution in [2.45, 2.75) is 59.8 Å². The molecule has 0 unspecified atom stereocenters. The van der Waals surface area contributed by atoms with Gasteiger partial charge in [-0.1, -0.05) is 40.5 Å². The van der Waals surface area contributed by atoms with Crippen molar-refractivity contribution in [1.82, 2.24) is 5.32 Å². The van der Waals surface area contributed by atoms with Crippen LogP contribution in [0.25, 0.3) is 0 Å². The van der Waals surface area contributed by atoms with Gasteiger partial charge >= 0.3 is 0 Å². The van der Waals surface area contributed by atoms with Crippen LogP contribution in [0.4, 0.5) is 0 Å². The van der Waals surface area contributed by atoms with Gasteiger partial charge in [0.1, 0.15) is 0 Å². The number of hydrogen-bond donors (Lipinski definition) is 2. The lowest BCUT2D eigenvalue weighted by Gasteiger charge is -2.32. The van der Waals surface area contributed by atoms with E-state index >= 15 is 0 Å². The first kappa shape index (κ1) is 15.0. The van der Waals surface area contributed by atoms with Crippen molar-refractivity contribution in [3.05, 3.63) is 0 Å². The van der Waals surface area contributed by atoms with E-state index in [1.165, 1.54) is 32.1 Å². The third kappa shape index (κ3) is 4.97. The summed E-state index contributed by atoms with van der Waals surface area (Å²) < 4.78 is 0. The second-order valence-electron chi connectivity index (χ2n) is 7.27. The quantitative estimate of drug-likeness (QED) is 0.671. The molecule has 2 heteroatoms. The van der Waals surface area contributed by atoms with Crippen LogP contribution < -0.4 is 11.1 Å². The topological polar surface area (TPSA) is 38.0 Å². The molecule has 1 saturated carbocycles. The first-order valence-electron chi connectivity index (χ1n) is 7.28. The van der Waals surface area contributed by atoms with Gasteiger partial charge in [0.2, 0.25) is 0 Å². The lowest BCUT2D eigenvalue weighted by atomic mass is 9.77. The number of rotatable bonds is 7. The first-order chi connectivity index (χ1) is 7.87. The summed E-state index contributed by atoms with van der Waals surface area (Å²) in [7, 11) is 0. The summed E-state index contributed by atoms with van der Waals surface area (Å²) in [6.45, 7) is 12.4. The number of hydrogen-bond acceptors (Lipinski definition) is 2. The van der Waals surface area contributed by atoms with Crippen LogP contribution in [-0.4, -0.2) is 19.6 Å². The number of nitrogens with two attached hydrogens (primary N) is 1. The molecule has 1 rings (SSSR count). The molecule has 0 spiro atoms. The Hall–Kier alpha value is -0.0800. The predicted octanol–water partition coefficient (Wildman–Crippen LogP) is 3.17. The van der Waals surface area contributed by atoms with Gasteiger partial charge in [-0.15, -0.1) is 0 Å². The van der Waals surface area contributed by atoms with Gasteiger partial charge in [-0.3, -0.25) is 0 Å². The Kier molecular flexibility index (Phi) is 5.46. The van der Waals surface area contributed by atoms with Crippen LogP contribution in [0.2, 0.25) is 0 Å². The standard InChI is InChI=1S/C15H32N2/c1-14(2,11-16)9-10-17-12-15(3,4)13-7-5-6-8-13/h13,17H,5-12,16H2,1-4H3. The van der Waals surface area contributed by atoms with Gasteiger partial charge < -0.3 is 11.1 Å². The first-order valence-corrected chi connectivity index (χ1v) is 7.28. The summed E-state index contributed by atoms with van der Waals surface area (Å²) in [6, 6.07) is 0. The van der Waals surface area contributed by atoms with E-state index in [-0.39, 0.29) is 5.41 Å². The molecular weight excluding hydrogens is 208 g/mol. The minimum absolute atomic E-state index is 0.282. The SMILES string of the molecule is CC(C)(CN)CCNCC(C)(C)C1CCCC1. The highest BCUT2D eigenvalue weighted by Gasteiger charge is 2.31. The maximum Gasteiger partial charge on any atom is 0.000517 e. The van der Waals surface area contributed by atoms with Gasteiger partial charge in [-0.05, 0) is 49.1 Å². The van der Waals surface area contributed by atoms with Crippen LogP contribution >= 0.6 is 0 Å². The molecule has 0 radical (unpaired) electrons. The molecule has 0 aromatic heterocycles. The monoisotopic (exact) mass is 240 g/mol. The average Bonchev–Trinajstić information content (AvgIpc) is 2.78. The molecule has 0 bridgehead atoms. The Morgan fingerprint density at radius 3 is 2.24 bits per heavy atom. The van der Waals surface area contributed by atoms with Crippen LogP contribution in [-0.2, 0) is 0 Å². The highest BCUT2D eigenvalue weighted by atomic mass is 14.9. The van der Waals surface area contributed by atoms with E-state index < -0.39 is 0 Å². The molecule has 0 aromatic rings. The summed E-state index contributed by atoms with van der Waals surface area (Å²) in [5.41, 5.74) is 6.49. The van der Waals surface area contributed by atoms with Gasteiger partial charge in [-0.2, -0.15) is 0 Å². The van der Waals surface area contributed by atoms with E-state index in [0.29, 0.717) is 5.41 Å². The Labute approximate surface area is 108 Å². The largest absolute Gasteiger partial charge is 0.330 e. The Bertz CT molecular complexity index is 215. The number of nitrogens with one attached hydrogen (secondary N) is 1. The van der Waals surface area contributed by atoms with E-state index in [2.05, 4.69) is 33.0 Å². The van der Waals surface area contributed by atoms with E-state index in [4.69, 9.17) is 5.73 Å². The normalized spacial score (nSPS) is 18.9. The molecule has 17 heavy (non-hydrogen) atoms. The van der Waals surface area contributed by atoms with Crippen LogP contribution in [0.1, 0.15) is 59.8 Å². The Morgan fingerprint density at radius 2 is 1.71 bits per heavy atom. The van der Waals surface area contributed by atoms with Crippen LogP contribution in [0, 0.1) is 16.7 Å². The van der Waals surface area contributed by atoms with Crippen molar-refractivity contribution < 1.29 is 0 Å². The van der Waals surface area contributed by atoms with E-state index in [0.717, 1.165) is 25.6 Å². The van der Waals surface area contributed by atoms with E-state index in [1.54, 1.807) is 0 Å².